The molecule has 1 saturated carbocycles. The minimum absolute atomic E-state index is 0.106. The summed E-state index contributed by atoms with van der Waals surface area (Å²) in [6.45, 7) is 0.705. The first-order valence-corrected chi connectivity index (χ1v) is 6.49. The molecular formula is C14H16N2O5. The number of anilines is 1. The molecule has 0 amide bonds. The van der Waals surface area contributed by atoms with Crippen LogP contribution >= 0.6 is 0 Å². The molecule has 0 bridgehead atoms. The van der Waals surface area contributed by atoms with Gasteiger partial charge in [0.05, 0.1) is 12.7 Å². The van der Waals surface area contributed by atoms with Crippen LogP contribution in [0.2, 0.25) is 0 Å². The Morgan fingerprint density at radius 1 is 1.38 bits per heavy atom. The third-order valence-corrected chi connectivity index (χ3v) is 3.15. The van der Waals surface area contributed by atoms with Gasteiger partial charge in [-0.1, -0.05) is 0 Å². The first-order chi connectivity index (χ1) is 9.93. The van der Waals surface area contributed by atoms with E-state index >= 15 is 0 Å². The van der Waals surface area contributed by atoms with Crippen LogP contribution in [-0.4, -0.2) is 36.4 Å². The zero-order chi connectivity index (χ0) is 15.6. The van der Waals surface area contributed by atoms with Crippen molar-refractivity contribution in [3.05, 3.63) is 22.9 Å². The van der Waals surface area contributed by atoms with Gasteiger partial charge in [0.1, 0.15) is 11.5 Å². The quantitative estimate of drug-likeness (QED) is 0.638. The molecular weight excluding hydrogens is 276 g/mol. The van der Waals surface area contributed by atoms with Crippen LogP contribution in [0.15, 0.2) is 6.07 Å². The molecule has 1 aromatic rings. The van der Waals surface area contributed by atoms with Crippen molar-refractivity contribution < 1.29 is 23.9 Å². The third kappa shape index (κ3) is 3.36. The Morgan fingerprint density at radius 2 is 2.05 bits per heavy atom. The fraction of sp³-hybridized carbons (Fsp3) is 0.429. The van der Waals surface area contributed by atoms with Crippen molar-refractivity contribution in [3.63, 3.8) is 0 Å². The molecule has 7 heteroatoms. The lowest BCUT2D eigenvalue weighted by Crippen LogP contribution is -2.20. The molecule has 0 radical (unpaired) electrons. The van der Waals surface area contributed by atoms with Crippen molar-refractivity contribution in [2.24, 2.45) is 0 Å². The summed E-state index contributed by atoms with van der Waals surface area (Å²) < 4.78 is 9.39. The van der Waals surface area contributed by atoms with Gasteiger partial charge in [-0.2, -0.15) is 0 Å². The Kier molecular flexibility index (Phi) is 4.21. The van der Waals surface area contributed by atoms with E-state index in [0.29, 0.717) is 5.56 Å². The molecule has 7 nitrogen and oxygen atoms in total. The Balaban J connectivity index is 2.44. The molecule has 0 aromatic carbocycles. The van der Waals surface area contributed by atoms with Gasteiger partial charge in [-0.05, 0) is 30.4 Å². The molecule has 112 valence electrons. The van der Waals surface area contributed by atoms with E-state index in [-0.39, 0.29) is 23.0 Å². The van der Waals surface area contributed by atoms with Crippen LogP contribution in [0.1, 0.15) is 52.1 Å². The second kappa shape index (κ2) is 5.90. The van der Waals surface area contributed by atoms with Gasteiger partial charge in [-0.15, -0.1) is 0 Å². The van der Waals surface area contributed by atoms with E-state index in [1.54, 1.807) is 6.07 Å². The molecule has 2 rings (SSSR count). The average Bonchev–Trinajstić information content (AvgIpc) is 3.27. The molecule has 1 aromatic heterocycles. The Hall–Kier alpha value is -2.44. The van der Waals surface area contributed by atoms with E-state index in [9.17, 15) is 14.4 Å². The number of nitrogen functional groups attached to an aromatic ring is 1. The normalized spacial score (nSPS) is 13.6. The van der Waals surface area contributed by atoms with Crippen LogP contribution in [0.4, 0.5) is 5.82 Å². The van der Waals surface area contributed by atoms with Crippen molar-refractivity contribution in [1.29, 1.82) is 0 Å². The average molecular weight is 292 g/mol. The molecule has 0 spiro atoms. The van der Waals surface area contributed by atoms with Crippen molar-refractivity contribution in [3.8, 4) is 0 Å². The molecule has 0 aliphatic heterocycles. The van der Waals surface area contributed by atoms with Gasteiger partial charge < -0.3 is 15.2 Å². The van der Waals surface area contributed by atoms with Crippen LogP contribution in [0.3, 0.4) is 0 Å². The third-order valence-electron chi connectivity index (χ3n) is 3.15. The summed E-state index contributed by atoms with van der Waals surface area (Å²) in [5.41, 5.74) is 6.38. The number of hydrogen-bond donors (Lipinski definition) is 1. The van der Waals surface area contributed by atoms with Crippen LogP contribution in [-0.2, 0) is 14.3 Å². The summed E-state index contributed by atoms with van der Waals surface area (Å²) >= 11 is 0. The van der Waals surface area contributed by atoms with Gasteiger partial charge in [0.15, 0.2) is 6.61 Å². The molecule has 0 atom stereocenters. The van der Waals surface area contributed by atoms with E-state index in [1.807, 2.05) is 0 Å². The number of esters is 2. The summed E-state index contributed by atoms with van der Waals surface area (Å²) in [5.74, 6) is -1.48. The van der Waals surface area contributed by atoms with Crippen molar-refractivity contribution >= 4 is 23.5 Å². The van der Waals surface area contributed by atoms with Crippen LogP contribution in [0.25, 0.3) is 0 Å². The number of aromatic nitrogens is 1. The van der Waals surface area contributed by atoms with E-state index in [2.05, 4.69) is 9.72 Å². The summed E-state index contributed by atoms with van der Waals surface area (Å²) in [7, 11) is 1.23. The summed E-state index contributed by atoms with van der Waals surface area (Å²) in [6, 6.07) is 1.59. The monoisotopic (exact) mass is 292 g/mol. The van der Waals surface area contributed by atoms with E-state index < -0.39 is 24.3 Å². The summed E-state index contributed by atoms with van der Waals surface area (Å²) in [4.78, 5) is 38.8. The van der Waals surface area contributed by atoms with Gasteiger partial charge in [-0.3, -0.25) is 9.59 Å². The number of carbonyl (C=O) groups is 3. The highest BCUT2D eigenvalue weighted by Gasteiger charge is 2.33. The number of methoxy groups -OCH3 is 1. The SMILES string of the molecule is COC(=O)c1c(C2CC2)cc(N)nc1C(=O)COC(C)=O. The fourth-order valence-corrected chi connectivity index (χ4v) is 2.06. The molecule has 21 heavy (non-hydrogen) atoms. The largest absolute Gasteiger partial charge is 0.465 e. The predicted molar refractivity (Wildman–Crippen MR) is 72.9 cm³/mol. The molecule has 0 saturated heterocycles. The van der Waals surface area contributed by atoms with Crippen molar-refractivity contribution in [1.82, 2.24) is 4.98 Å². The highest BCUT2D eigenvalue weighted by atomic mass is 16.5. The Labute approximate surface area is 121 Å². The van der Waals surface area contributed by atoms with Gasteiger partial charge in [0.2, 0.25) is 5.78 Å². The number of carbonyl (C=O) groups excluding carboxylic acids is 3. The lowest BCUT2D eigenvalue weighted by Gasteiger charge is -2.12. The molecule has 1 fully saturated rings. The topological polar surface area (TPSA) is 109 Å². The molecule has 2 N–H and O–H groups in total. The van der Waals surface area contributed by atoms with Crippen LogP contribution < -0.4 is 5.73 Å². The minimum atomic E-state index is -0.643. The summed E-state index contributed by atoms with van der Waals surface area (Å²) in [6.07, 6.45) is 1.84. The van der Waals surface area contributed by atoms with E-state index in [4.69, 9.17) is 10.5 Å². The van der Waals surface area contributed by atoms with Gasteiger partial charge in [0.25, 0.3) is 0 Å². The highest BCUT2D eigenvalue weighted by Crippen LogP contribution is 2.43. The maximum absolute atomic E-state index is 12.1. The maximum Gasteiger partial charge on any atom is 0.340 e. The van der Waals surface area contributed by atoms with Crippen molar-refractivity contribution in [2.75, 3.05) is 19.5 Å². The number of nitrogens with zero attached hydrogens (tertiary/aromatic N) is 1. The molecule has 1 aliphatic carbocycles. The Bertz CT molecular complexity index is 608. The lowest BCUT2D eigenvalue weighted by atomic mass is 10.00. The minimum Gasteiger partial charge on any atom is -0.465 e. The van der Waals surface area contributed by atoms with Gasteiger partial charge in [0, 0.05) is 6.92 Å². The number of Topliss-reactive ketones (excluding diaryl/α,β-unsaturated/α-hetero) is 1. The second-order valence-electron chi connectivity index (χ2n) is 4.83. The first-order valence-electron chi connectivity index (χ1n) is 6.49. The van der Waals surface area contributed by atoms with E-state index in [0.717, 1.165) is 12.8 Å². The van der Waals surface area contributed by atoms with Crippen LogP contribution in [0.5, 0.6) is 0 Å². The molecule has 1 aliphatic rings. The first kappa shape index (κ1) is 15.0. The number of rotatable bonds is 5. The fourth-order valence-electron chi connectivity index (χ4n) is 2.06. The number of ether oxygens (including phenoxy) is 2. The van der Waals surface area contributed by atoms with Gasteiger partial charge >= 0.3 is 11.9 Å². The summed E-state index contributed by atoms with van der Waals surface area (Å²) in [5, 5.41) is 0. The zero-order valence-corrected chi connectivity index (χ0v) is 11.8. The molecule has 1 heterocycles. The standard InChI is InChI=1S/C14H16N2O5/c1-7(17)21-6-10(18)13-12(14(19)20-2)9(8-3-4-8)5-11(15)16-13/h5,8H,3-4,6H2,1-2H3,(H2,15,16). The number of ketones is 1. The number of pyridine rings is 1. The number of hydrogen-bond acceptors (Lipinski definition) is 7. The van der Waals surface area contributed by atoms with Crippen LogP contribution in [0, 0.1) is 0 Å². The molecule has 0 unspecified atom stereocenters. The predicted octanol–water partition coefficient (Wildman–Crippen LogP) is 1.07. The highest BCUT2D eigenvalue weighted by molar-refractivity contribution is 6.07. The van der Waals surface area contributed by atoms with Crippen molar-refractivity contribution in [2.45, 2.75) is 25.7 Å². The second-order valence-corrected chi connectivity index (χ2v) is 4.83. The Morgan fingerprint density at radius 3 is 2.57 bits per heavy atom. The van der Waals surface area contributed by atoms with Gasteiger partial charge in [-0.25, -0.2) is 9.78 Å². The van der Waals surface area contributed by atoms with E-state index in [1.165, 1.54) is 14.0 Å². The lowest BCUT2D eigenvalue weighted by molar-refractivity contribution is -0.139. The maximum atomic E-state index is 12.1. The number of nitrogens with two attached hydrogens (primary N) is 1. The zero-order valence-electron chi connectivity index (χ0n) is 11.8. The smallest absolute Gasteiger partial charge is 0.340 e.